The van der Waals surface area contributed by atoms with Crippen molar-refractivity contribution in [1.29, 1.82) is 0 Å². The maximum absolute atomic E-state index is 11.5. The van der Waals surface area contributed by atoms with Crippen LogP contribution in [0.15, 0.2) is 36.5 Å². The molecule has 0 radical (unpaired) electrons. The highest BCUT2D eigenvalue weighted by molar-refractivity contribution is 7.86. The van der Waals surface area contributed by atoms with Crippen molar-refractivity contribution in [2.45, 2.75) is 6.92 Å². The third-order valence-corrected chi connectivity index (χ3v) is 2.83. The molecule has 0 aliphatic rings. The summed E-state index contributed by atoms with van der Waals surface area (Å²) in [5.41, 5.74) is 1.05. The molecule has 5 nitrogen and oxygen atoms in total. The van der Waals surface area contributed by atoms with Gasteiger partial charge in [0.1, 0.15) is 0 Å². The van der Waals surface area contributed by atoms with Crippen molar-refractivity contribution in [1.82, 2.24) is 0 Å². The number of ketones is 1. The molecule has 0 bridgehead atoms. The molecule has 6 heteroatoms. The van der Waals surface area contributed by atoms with Gasteiger partial charge in [-0.15, -0.1) is 4.28 Å². The predicted octanol–water partition coefficient (Wildman–Crippen LogP) is 0.718. The number of pyridine rings is 1. The highest BCUT2D eigenvalue weighted by Crippen LogP contribution is 2.15. The van der Waals surface area contributed by atoms with Gasteiger partial charge >= 0.3 is 10.1 Å². The summed E-state index contributed by atoms with van der Waals surface area (Å²) in [4.78, 5) is 11.5. The first-order chi connectivity index (χ1) is 8.38. The number of rotatable bonds is 3. The fourth-order valence-electron chi connectivity index (χ4n) is 1.72. The Morgan fingerprint density at radius 3 is 2.50 bits per heavy atom. The molecule has 18 heavy (non-hydrogen) atoms. The van der Waals surface area contributed by atoms with Gasteiger partial charge < -0.3 is 0 Å². The molecule has 1 heterocycles. The SMILES string of the molecule is CC(=O)c1cc[n+](OS(C)(=O)=O)c2ccccc12. The Bertz CT molecular complexity index is 722. The van der Waals surface area contributed by atoms with Crippen molar-refractivity contribution < 1.29 is 22.2 Å². The topological polar surface area (TPSA) is 64.3 Å². The van der Waals surface area contributed by atoms with E-state index in [9.17, 15) is 13.2 Å². The average Bonchev–Trinajstić information content (AvgIpc) is 2.27. The molecule has 0 atom stereocenters. The Labute approximate surface area is 105 Å². The number of benzene rings is 1. The summed E-state index contributed by atoms with van der Waals surface area (Å²) >= 11 is 0. The molecule has 0 amide bonds. The second kappa shape index (κ2) is 4.38. The molecule has 1 aromatic carbocycles. The van der Waals surface area contributed by atoms with Crippen molar-refractivity contribution in [3.63, 3.8) is 0 Å². The third-order valence-electron chi connectivity index (χ3n) is 2.40. The maximum atomic E-state index is 11.5. The number of Topliss-reactive ketones (excluding diaryl/α,β-unsaturated/α-hetero) is 1. The van der Waals surface area contributed by atoms with Crippen LogP contribution in [0.3, 0.4) is 0 Å². The van der Waals surface area contributed by atoms with Crippen LogP contribution in [0.2, 0.25) is 0 Å². The zero-order valence-corrected chi connectivity index (χ0v) is 10.8. The second-order valence-corrected chi connectivity index (χ2v) is 5.46. The van der Waals surface area contributed by atoms with Gasteiger partial charge in [-0.05, 0) is 13.0 Å². The minimum Gasteiger partial charge on any atom is -0.294 e. The number of carbonyl (C=O) groups is 1. The van der Waals surface area contributed by atoms with E-state index in [0.29, 0.717) is 16.5 Å². The van der Waals surface area contributed by atoms with Gasteiger partial charge in [-0.2, -0.15) is 8.42 Å². The van der Waals surface area contributed by atoms with Gasteiger partial charge in [0.25, 0.3) is 5.52 Å². The molecule has 2 aromatic rings. The Hall–Kier alpha value is -1.95. The van der Waals surface area contributed by atoms with Crippen molar-refractivity contribution in [3.8, 4) is 0 Å². The lowest BCUT2D eigenvalue weighted by Crippen LogP contribution is -2.45. The molecular formula is C12H12NO4S+. The summed E-state index contributed by atoms with van der Waals surface area (Å²) in [6.07, 6.45) is 2.38. The van der Waals surface area contributed by atoms with E-state index in [-0.39, 0.29) is 5.78 Å². The standard InChI is InChI=1S/C12H12NO4S/c1-9(14)10-7-8-13(17-18(2,15)16)12-6-4-3-5-11(10)12/h3-8H,1-2H3/q+1. The molecule has 0 fully saturated rings. The van der Waals surface area contributed by atoms with E-state index in [2.05, 4.69) is 0 Å². The number of hydrogen-bond donors (Lipinski definition) is 0. The van der Waals surface area contributed by atoms with E-state index in [0.717, 1.165) is 11.0 Å². The zero-order valence-electron chi connectivity index (χ0n) is 9.95. The Balaban J connectivity index is 2.72. The van der Waals surface area contributed by atoms with Crippen molar-refractivity contribution in [2.75, 3.05) is 6.26 Å². The van der Waals surface area contributed by atoms with E-state index < -0.39 is 10.1 Å². The highest BCUT2D eigenvalue weighted by Gasteiger charge is 2.19. The first-order valence-corrected chi connectivity index (χ1v) is 7.04. The monoisotopic (exact) mass is 266 g/mol. The number of aromatic nitrogens is 1. The lowest BCUT2D eigenvalue weighted by molar-refractivity contribution is -0.834. The molecular weight excluding hydrogens is 254 g/mol. The van der Waals surface area contributed by atoms with Crippen LogP contribution < -0.4 is 9.01 Å². The van der Waals surface area contributed by atoms with Crippen LogP contribution in [0.5, 0.6) is 0 Å². The summed E-state index contributed by atoms with van der Waals surface area (Å²) in [5.74, 6) is -0.0855. The molecule has 0 saturated carbocycles. The van der Waals surface area contributed by atoms with Crippen molar-refractivity contribution in [2.24, 2.45) is 0 Å². The van der Waals surface area contributed by atoms with Gasteiger partial charge in [0, 0.05) is 22.4 Å². The minimum absolute atomic E-state index is 0.0855. The van der Waals surface area contributed by atoms with Crippen LogP contribution in [0.25, 0.3) is 10.9 Å². The van der Waals surface area contributed by atoms with E-state index in [1.807, 2.05) is 0 Å². The first-order valence-electron chi connectivity index (χ1n) is 5.23. The van der Waals surface area contributed by atoms with Gasteiger partial charge in [0.15, 0.2) is 5.78 Å². The Morgan fingerprint density at radius 1 is 1.22 bits per heavy atom. The van der Waals surface area contributed by atoms with Crippen molar-refractivity contribution >= 4 is 26.8 Å². The molecule has 0 N–H and O–H groups in total. The quantitative estimate of drug-likeness (QED) is 0.606. The fourth-order valence-corrected chi connectivity index (χ4v) is 2.15. The van der Waals surface area contributed by atoms with E-state index >= 15 is 0 Å². The fraction of sp³-hybridized carbons (Fsp3) is 0.167. The van der Waals surface area contributed by atoms with E-state index in [1.165, 1.54) is 19.2 Å². The van der Waals surface area contributed by atoms with Crippen LogP contribution in [0, 0.1) is 0 Å². The lowest BCUT2D eigenvalue weighted by Gasteiger charge is -2.02. The molecule has 2 rings (SSSR count). The molecule has 0 aliphatic carbocycles. The largest absolute Gasteiger partial charge is 0.364 e. The number of fused-ring (bicyclic) bond motifs is 1. The molecule has 0 saturated heterocycles. The average molecular weight is 266 g/mol. The summed E-state index contributed by atoms with van der Waals surface area (Å²) in [5, 5.41) is 0.649. The van der Waals surface area contributed by atoms with Crippen LogP contribution in [-0.2, 0) is 10.1 Å². The van der Waals surface area contributed by atoms with Crippen LogP contribution in [-0.4, -0.2) is 20.5 Å². The van der Waals surface area contributed by atoms with Crippen LogP contribution in [0.4, 0.5) is 0 Å². The first kappa shape index (κ1) is 12.5. The van der Waals surface area contributed by atoms with Gasteiger partial charge in [0.2, 0.25) is 6.20 Å². The van der Waals surface area contributed by atoms with Crippen LogP contribution >= 0.6 is 0 Å². The van der Waals surface area contributed by atoms with E-state index in [4.69, 9.17) is 4.28 Å². The highest BCUT2D eigenvalue weighted by atomic mass is 32.2. The summed E-state index contributed by atoms with van der Waals surface area (Å²) < 4.78 is 28.3. The van der Waals surface area contributed by atoms with E-state index in [1.54, 1.807) is 24.3 Å². The maximum Gasteiger partial charge on any atom is 0.364 e. The normalized spacial score (nSPS) is 11.4. The second-order valence-electron chi connectivity index (χ2n) is 3.91. The lowest BCUT2D eigenvalue weighted by atomic mass is 10.1. The Kier molecular flexibility index (Phi) is 3.04. The summed E-state index contributed by atoms with van der Waals surface area (Å²) in [7, 11) is -3.62. The van der Waals surface area contributed by atoms with Crippen molar-refractivity contribution in [3.05, 3.63) is 42.1 Å². The van der Waals surface area contributed by atoms with Gasteiger partial charge in [-0.25, -0.2) is 0 Å². The number of hydrogen-bond acceptors (Lipinski definition) is 4. The minimum atomic E-state index is -3.62. The zero-order chi connectivity index (χ0) is 13.3. The smallest absolute Gasteiger partial charge is 0.294 e. The molecule has 0 spiro atoms. The molecule has 0 aliphatic heterocycles. The molecule has 0 unspecified atom stereocenters. The van der Waals surface area contributed by atoms with Gasteiger partial charge in [-0.3, -0.25) is 4.79 Å². The Morgan fingerprint density at radius 2 is 1.89 bits per heavy atom. The van der Waals surface area contributed by atoms with Gasteiger partial charge in [-0.1, -0.05) is 12.1 Å². The summed E-state index contributed by atoms with van der Waals surface area (Å²) in [6.45, 7) is 1.46. The predicted molar refractivity (Wildman–Crippen MR) is 65.6 cm³/mol. The number of para-hydroxylation sites is 1. The summed E-state index contributed by atoms with van der Waals surface area (Å²) in [6, 6.07) is 8.49. The molecule has 1 aromatic heterocycles. The number of nitrogens with zero attached hydrogens (tertiary/aromatic N) is 1. The number of carbonyl (C=O) groups excluding carboxylic acids is 1. The third kappa shape index (κ3) is 2.48. The van der Waals surface area contributed by atoms with Gasteiger partial charge in [0.05, 0.1) is 11.6 Å². The van der Waals surface area contributed by atoms with Crippen LogP contribution in [0.1, 0.15) is 17.3 Å². The molecule has 94 valence electrons.